The van der Waals surface area contributed by atoms with E-state index in [1.165, 1.54) is 55.3 Å². The first-order valence-corrected chi connectivity index (χ1v) is 14.1. The average Bonchev–Trinajstić information content (AvgIpc) is 2.84. The van der Waals surface area contributed by atoms with E-state index in [-0.39, 0.29) is 39.5 Å². The third kappa shape index (κ3) is 6.59. The molecule has 39 heavy (non-hydrogen) atoms. The van der Waals surface area contributed by atoms with Gasteiger partial charge in [0, 0.05) is 46.7 Å². The van der Waals surface area contributed by atoms with Crippen molar-refractivity contribution >= 4 is 21.7 Å². The van der Waals surface area contributed by atoms with Gasteiger partial charge in [0.2, 0.25) is 0 Å². The van der Waals surface area contributed by atoms with Gasteiger partial charge in [-0.05, 0) is 63.6 Å². The lowest BCUT2D eigenvalue weighted by Crippen LogP contribution is -2.46. The van der Waals surface area contributed by atoms with E-state index in [1.807, 2.05) is 0 Å². The molecule has 1 aromatic heterocycles. The van der Waals surface area contributed by atoms with Crippen molar-refractivity contribution in [2.75, 3.05) is 5.75 Å². The summed E-state index contributed by atoms with van der Waals surface area (Å²) in [4.78, 5) is 39.7. The van der Waals surface area contributed by atoms with Crippen molar-refractivity contribution in [2.45, 2.75) is 52.0 Å². The Morgan fingerprint density at radius 2 is 1.72 bits per heavy atom. The van der Waals surface area contributed by atoms with Gasteiger partial charge in [0.25, 0.3) is 5.56 Å². The average molecular weight is 558 g/mol. The normalized spacial score (nSPS) is 12.7. The standard InChI is InChI=1S/C28H32FN3O6S/c1-7-39(37,38)16-18-8-13-21(26(34)19-9-11-20(29)12-10-19)23(14-18)25-22(15-24(33)31(6)30-25)17(2)32(27(35)36)28(3,4)5/h8-15,17H,7,16H2,1-6H3,(H,35,36). The highest BCUT2D eigenvalue weighted by Crippen LogP contribution is 2.35. The molecule has 1 amide bonds. The summed E-state index contributed by atoms with van der Waals surface area (Å²) in [6.07, 6.45) is -1.22. The number of ketones is 1. The molecule has 1 N–H and O–H groups in total. The first-order valence-electron chi connectivity index (χ1n) is 12.3. The van der Waals surface area contributed by atoms with Crippen LogP contribution in [-0.4, -0.2) is 51.4 Å². The number of aryl methyl sites for hydroxylation is 1. The summed E-state index contributed by atoms with van der Waals surface area (Å²) < 4.78 is 39.4. The van der Waals surface area contributed by atoms with Gasteiger partial charge in [0.1, 0.15) is 5.82 Å². The lowest BCUT2D eigenvalue weighted by Gasteiger charge is -2.38. The first kappa shape index (κ1) is 29.7. The Morgan fingerprint density at radius 3 is 2.26 bits per heavy atom. The minimum absolute atomic E-state index is 0.0852. The monoisotopic (exact) mass is 557 g/mol. The molecular weight excluding hydrogens is 525 g/mol. The predicted molar refractivity (Wildman–Crippen MR) is 146 cm³/mol. The van der Waals surface area contributed by atoms with Crippen LogP contribution in [0.4, 0.5) is 9.18 Å². The first-order chi connectivity index (χ1) is 18.1. The van der Waals surface area contributed by atoms with Crippen LogP contribution in [0.25, 0.3) is 11.3 Å². The molecule has 0 spiro atoms. The van der Waals surface area contributed by atoms with Gasteiger partial charge in [0.15, 0.2) is 15.6 Å². The number of carbonyl (C=O) groups is 2. The van der Waals surface area contributed by atoms with Crippen LogP contribution >= 0.6 is 0 Å². The summed E-state index contributed by atoms with van der Waals surface area (Å²) in [5.41, 5.74) is 0.00106. The van der Waals surface area contributed by atoms with Crippen LogP contribution in [0, 0.1) is 5.82 Å². The molecule has 0 aliphatic heterocycles. The van der Waals surface area contributed by atoms with Gasteiger partial charge >= 0.3 is 6.09 Å². The zero-order chi connectivity index (χ0) is 29.3. The molecule has 0 aliphatic carbocycles. The Balaban J connectivity index is 2.36. The van der Waals surface area contributed by atoms with Crippen LogP contribution in [-0.2, 0) is 22.6 Å². The van der Waals surface area contributed by atoms with E-state index in [1.54, 1.807) is 27.7 Å². The summed E-state index contributed by atoms with van der Waals surface area (Å²) in [7, 11) is -2.01. The fourth-order valence-corrected chi connectivity index (χ4v) is 5.33. The third-order valence-corrected chi connectivity index (χ3v) is 8.06. The Labute approximate surface area is 226 Å². The van der Waals surface area contributed by atoms with Crippen molar-refractivity contribution in [3.8, 4) is 11.3 Å². The number of carboxylic acid groups (broad SMARTS) is 1. The second-order valence-electron chi connectivity index (χ2n) is 10.3. The molecule has 0 saturated heterocycles. The molecule has 9 nitrogen and oxygen atoms in total. The van der Waals surface area contributed by atoms with Gasteiger partial charge in [-0.15, -0.1) is 0 Å². The summed E-state index contributed by atoms with van der Waals surface area (Å²) in [6, 6.07) is 9.91. The zero-order valence-corrected chi connectivity index (χ0v) is 23.5. The Hall–Kier alpha value is -3.86. The molecule has 3 rings (SSSR count). The van der Waals surface area contributed by atoms with Crippen molar-refractivity contribution in [1.29, 1.82) is 0 Å². The second kappa shape index (κ2) is 11.1. The number of benzene rings is 2. The number of hydrogen-bond donors (Lipinski definition) is 1. The van der Waals surface area contributed by atoms with Gasteiger partial charge < -0.3 is 5.11 Å². The SMILES string of the molecule is CCS(=O)(=O)Cc1ccc(C(=O)c2ccc(F)cc2)c(-c2nn(C)c(=O)cc2C(C)N(C(=O)O)C(C)(C)C)c1. The summed E-state index contributed by atoms with van der Waals surface area (Å²) in [6.45, 7) is 8.29. The smallest absolute Gasteiger partial charge is 0.408 e. The van der Waals surface area contributed by atoms with Gasteiger partial charge in [-0.25, -0.2) is 22.3 Å². The second-order valence-corrected chi connectivity index (χ2v) is 12.7. The van der Waals surface area contributed by atoms with Crippen molar-refractivity contribution in [2.24, 2.45) is 7.05 Å². The van der Waals surface area contributed by atoms with Gasteiger partial charge in [-0.2, -0.15) is 5.10 Å². The molecule has 1 atom stereocenters. The van der Waals surface area contributed by atoms with Crippen molar-refractivity contribution in [3.05, 3.63) is 87.0 Å². The van der Waals surface area contributed by atoms with E-state index in [0.29, 0.717) is 5.56 Å². The number of sulfone groups is 1. The highest BCUT2D eigenvalue weighted by atomic mass is 32.2. The van der Waals surface area contributed by atoms with Crippen molar-refractivity contribution in [3.63, 3.8) is 0 Å². The van der Waals surface area contributed by atoms with Crippen LogP contribution in [0.1, 0.15) is 67.7 Å². The van der Waals surface area contributed by atoms with E-state index in [2.05, 4.69) is 5.10 Å². The minimum Gasteiger partial charge on any atom is -0.465 e. The Kier molecular flexibility index (Phi) is 8.44. The fourth-order valence-electron chi connectivity index (χ4n) is 4.44. The number of nitrogens with zero attached hydrogens (tertiary/aromatic N) is 3. The topological polar surface area (TPSA) is 127 Å². The van der Waals surface area contributed by atoms with Crippen LogP contribution in [0.15, 0.2) is 53.3 Å². The van der Waals surface area contributed by atoms with E-state index in [4.69, 9.17) is 0 Å². The molecule has 0 aliphatic rings. The molecular formula is C28H32FN3O6S. The largest absolute Gasteiger partial charge is 0.465 e. The molecule has 11 heteroatoms. The van der Waals surface area contributed by atoms with Gasteiger partial charge in [-0.1, -0.05) is 19.1 Å². The van der Waals surface area contributed by atoms with Crippen LogP contribution in [0.3, 0.4) is 0 Å². The maximum atomic E-state index is 13.6. The molecule has 2 aromatic carbocycles. The van der Waals surface area contributed by atoms with Crippen LogP contribution in [0.2, 0.25) is 0 Å². The van der Waals surface area contributed by atoms with Crippen molar-refractivity contribution < 1.29 is 27.5 Å². The number of hydrogen-bond acceptors (Lipinski definition) is 6. The maximum Gasteiger partial charge on any atom is 0.408 e. The molecule has 1 unspecified atom stereocenters. The molecule has 0 radical (unpaired) electrons. The summed E-state index contributed by atoms with van der Waals surface area (Å²) in [5, 5.41) is 14.4. The van der Waals surface area contributed by atoms with E-state index in [9.17, 15) is 32.3 Å². The summed E-state index contributed by atoms with van der Waals surface area (Å²) >= 11 is 0. The van der Waals surface area contributed by atoms with E-state index < -0.39 is 44.7 Å². The van der Waals surface area contributed by atoms with Gasteiger partial charge in [0.05, 0.1) is 17.5 Å². The summed E-state index contributed by atoms with van der Waals surface area (Å²) in [5.74, 6) is -1.37. The molecule has 0 saturated carbocycles. The zero-order valence-electron chi connectivity index (χ0n) is 22.7. The predicted octanol–water partition coefficient (Wildman–Crippen LogP) is 4.59. The molecule has 1 heterocycles. The van der Waals surface area contributed by atoms with E-state index >= 15 is 0 Å². The number of amides is 1. The molecule has 208 valence electrons. The lowest BCUT2D eigenvalue weighted by molar-refractivity contribution is 0.0752. The van der Waals surface area contributed by atoms with E-state index in [0.717, 1.165) is 16.8 Å². The maximum absolute atomic E-state index is 13.6. The van der Waals surface area contributed by atoms with Gasteiger partial charge in [-0.3, -0.25) is 14.5 Å². The molecule has 3 aromatic rings. The number of rotatable bonds is 8. The number of carbonyl (C=O) groups excluding carboxylic acids is 1. The minimum atomic E-state index is -3.44. The van der Waals surface area contributed by atoms with Crippen molar-refractivity contribution in [1.82, 2.24) is 14.7 Å². The molecule has 0 bridgehead atoms. The quantitative estimate of drug-likeness (QED) is 0.401. The van der Waals surface area contributed by atoms with Crippen LogP contribution < -0.4 is 5.56 Å². The Morgan fingerprint density at radius 1 is 1.10 bits per heavy atom. The van der Waals surface area contributed by atoms with Crippen LogP contribution in [0.5, 0.6) is 0 Å². The number of halogens is 1. The highest BCUT2D eigenvalue weighted by Gasteiger charge is 2.34. The third-order valence-electron chi connectivity index (χ3n) is 6.40. The highest BCUT2D eigenvalue weighted by molar-refractivity contribution is 7.90. The lowest BCUT2D eigenvalue weighted by atomic mass is 9.90. The molecule has 0 fully saturated rings. The fraction of sp³-hybridized carbons (Fsp3) is 0.357. The number of aromatic nitrogens is 2. The Bertz CT molecular complexity index is 1570.